The van der Waals surface area contributed by atoms with E-state index in [0.717, 1.165) is 18.4 Å². The number of hydrogen-bond acceptors (Lipinski definition) is 3. The zero-order valence-corrected chi connectivity index (χ0v) is 17.7. The lowest BCUT2D eigenvalue weighted by molar-refractivity contribution is -0.158. The number of ketones is 1. The highest BCUT2D eigenvalue weighted by Gasteiger charge is 2.47. The van der Waals surface area contributed by atoms with E-state index in [1.54, 1.807) is 45.9 Å². The smallest absolute Gasteiger partial charge is 0.198 e. The van der Waals surface area contributed by atoms with Gasteiger partial charge in [0.05, 0.1) is 5.57 Å². The van der Waals surface area contributed by atoms with Crippen LogP contribution in [0.4, 0.5) is 4.39 Å². The maximum atomic E-state index is 14.5. The van der Waals surface area contributed by atoms with Crippen molar-refractivity contribution in [3.05, 3.63) is 64.1 Å². The summed E-state index contributed by atoms with van der Waals surface area (Å²) in [6, 6.07) is 10.1. The topological polar surface area (TPSA) is 46.5 Å². The number of halogens is 2. The molecule has 1 fully saturated rings. The van der Waals surface area contributed by atoms with Crippen molar-refractivity contribution in [1.82, 2.24) is 0 Å². The Hall–Kier alpha value is -2.17. The third kappa shape index (κ3) is 3.49. The van der Waals surface area contributed by atoms with Crippen molar-refractivity contribution in [2.24, 2.45) is 0 Å². The summed E-state index contributed by atoms with van der Waals surface area (Å²) < 4.78 is 20.4. The summed E-state index contributed by atoms with van der Waals surface area (Å²) in [5, 5.41) is 11.3. The second-order valence-corrected chi connectivity index (χ2v) is 9.31. The van der Waals surface area contributed by atoms with Crippen LogP contribution < -0.4 is 0 Å². The molecule has 1 saturated carbocycles. The molecule has 1 N–H and O–H groups in total. The first-order chi connectivity index (χ1) is 13.5. The molecule has 0 saturated heterocycles. The molecule has 0 bridgehead atoms. The largest absolute Gasteiger partial charge is 0.508 e. The van der Waals surface area contributed by atoms with Crippen molar-refractivity contribution in [3.63, 3.8) is 0 Å². The van der Waals surface area contributed by atoms with Gasteiger partial charge in [0.1, 0.15) is 22.8 Å². The van der Waals surface area contributed by atoms with E-state index < -0.39 is 17.0 Å². The van der Waals surface area contributed by atoms with Gasteiger partial charge in [-0.2, -0.15) is 0 Å². The Kier molecular flexibility index (Phi) is 4.63. The summed E-state index contributed by atoms with van der Waals surface area (Å²) in [5.74, 6) is -0.446. The maximum absolute atomic E-state index is 14.5. The van der Waals surface area contributed by atoms with Crippen LogP contribution in [0.2, 0.25) is 5.02 Å². The van der Waals surface area contributed by atoms with Gasteiger partial charge in [-0.25, -0.2) is 4.39 Å². The Morgan fingerprint density at radius 1 is 1.03 bits per heavy atom. The van der Waals surface area contributed by atoms with Gasteiger partial charge in [-0.1, -0.05) is 23.7 Å². The summed E-state index contributed by atoms with van der Waals surface area (Å²) >= 11 is 5.89. The zero-order valence-electron chi connectivity index (χ0n) is 17.0. The van der Waals surface area contributed by atoms with Crippen molar-refractivity contribution in [3.8, 4) is 11.1 Å². The fraction of sp³-hybridized carbons (Fsp3) is 0.375. The van der Waals surface area contributed by atoms with E-state index in [2.05, 4.69) is 0 Å². The summed E-state index contributed by atoms with van der Waals surface area (Å²) in [4.78, 5) is 13.3. The lowest BCUT2D eigenvalue weighted by atomic mass is 9.80. The van der Waals surface area contributed by atoms with E-state index in [-0.39, 0.29) is 17.1 Å². The summed E-state index contributed by atoms with van der Waals surface area (Å²) in [7, 11) is 0. The summed E-state index contributed by atoms with van der Waals surface area (Å²) in [6.45, 7) is 6.91. The molecular formula is C24H24ClFO3. The van der Waals surface area contributed by atoms with Crippen LogP contribution >= 0.6 is 11.6 Å². The molecule has 1 aliphatic carbocycles. The minimum Gasteiger partial charge on any atom is -0.508 e. The molecule has 5 heteroatoms. The Morgan fingerprint density at radius 2 is 1.72 bits per heavy atom. The molecule has 0 amide bonds. The molecule has 2 aromatic rings. The van der Waals surface area contributed by atoms with E-state index in [9.17, 15) is 14.3 Å². The first kappa shape index (κ1) is 20.1. The van der Waals surface area contributed by atoms with Gasteiger partial charge in [-0.3, -0.25) is 4.79 Å². The van der Waals surface area contributed by atoms with Crippen molar-refractivity contribution in [2.75, 3.05) is 0 Å². The van der Waals surface area contributed by atoms with Crippen LogP contribution in [0.15, 0.2) is 42.2 Å². The number of benzene rings is 2. The van der Waals surface area contributed by atoms with Gasteiger partial charge in [0, 0.05) is 10.6 Å². The summed E-state index contributed by atoms with van der Waals surface area (Å²) in [6.07, 6.45) is 2.07. The minimum atomic E-state index is -1.08. The van der Waals surface area contributed by atoms with Crippen LogP contribution in [0.1, 0.15) is 57.6 Å². The number of aliphatic hydroxyl groups excluding tert-OH is 1. The molecule has 0 unspecified atom stereocenters. The Labute approximate surface area is 175 Å². The minimum absolute atomic E-state index is 0.0857. The monoisotopic (exact) mass is 414 g/mol. The number of Topliss-reactive ketones (excluding diaryl/α,β-unsaturated/α-hetero) is 1. The molecule has 29 heavy (non-hydrogen) atoms. The van der Waals surface area contributed by atoms with Crippen LogP contribution in [0.3, 0.4) is 0 Å². The molecule has 2 aromatic carbocycles. The molecule has 4 rings (SSSR count). The van der Waals surface area contributed by atoms with Crippen LogP contribution in [0.5, 0.6) is 0 Å². The predicted molar refractivity (Wildman–Crippen MR) is 113 cm³/mol. The van der Waals surface area contributed by atoms with Crippen molar-refractivity contribution in [1.29, 1.82) is 0 Å². The Morgan fingerprint density at radius 3 is 2.34 bits per heavy atom. The highest BCUT2D eigenvalue weighted by Crippen LogP contribution is 2.48. The van der Waals surface area contributed by atoms with Gasteiger partial charge in [0.2, 0.25) is 0 Å². The van der Waals surface area contributed by atoms with Crippen molar-refractivity contribution in [2.45, 2.75) is 57.7 Å². The number of carbonyl (C=O) groups is 1. The van der Waals surface area contributed by atoms with Crippen LogP contribution in [-0.2, 0) is 9.53 Å². The second-order valence-electron chi connectivity index (χ2n) is 8.88. The fourth-order valence-corrected chi connectivity index (χ4v) is 4.27. The van der Waals surface area contributed by atoms with Crippen LogP contribution in [0.25, 0.3) is 16.7 Å². The van der Waals surface area contributed by atoms with Gasteiger partial charge in [-0.05, 0) is 87.4 Å². The first-order valence-corrected chi connectivity index (χ1v) is 10.2. The van der Waals surface area contributed by atoms with E-state index in [4.69, 9.17) is 16.3 Å². The normalized spacial score (nSPS) is 20.8. The zero-order chi connectivity index (χ0) is 21.1. The molecule has 0 atom stereocenters. The quantitative estimate of drug-likeness (QED) is 0.627. The van der Waals surface area contributed by atoms with Gasteiger partial charge in [0.25, 0.3) is 0 Å². The lowest BCUT2D eigenvalue weighted by Gasteiger charge is -2.40. The molecule has 1 aliphatic heterocycles. The van der Waals surface area contributed by atoms with Crippen molar-refractivity contribution < 1.29 is 19.0 Å². The predicted octanol–water partition coefficient (Wildman–Crippen LogP) is 6.45. The Bertz CT molecular complexity index is 1050. The number of ether oxygens (including phenoxy) is 1. The molecular weight excluding hydrogens is 391 g/mol. The molecule has 2 aliphatic rings. The lowest BCUT2D eigenvalue weighted by Crippen LogP contribution is -2.49. The van der Waals surface area contributed by atoms with Crippen LogP contribution in [0, 0.1) is 5.82 Å². The third-order valence-corrected chi connectivity index (χ3v) is 5.91. The number of hydrogen-bond donors (Lipinski definition) is 1. The van der Waals surface area contributed by atoms with Gasteiger partial charge in [-0.15, -0.1) is 0 Å². The molecule has 152 valence electrons. The Balaban J connectivity index is 1.95. The van der Waals surface area contributed by atoms with E-state index in [1.807, 2.05) is 12.1 Å². The van der Waals surface area contributed by atoms with E-state index in [1.165, 1.54) is 6.07 Å². The highest BCUT2D eigenvalue weighted by molar-refractivity contribution is 6.30. The average molecular weight is 415 g/mol. The molecule has 1 heterocycles. The molecule has 3 nitrogen and oxygen atoms in total. The molecule has 0 aromatic heterocycles. The van der Waals surface area contributed by atoms with Gasteiger partial charge in [0.15, 0.2) is 5.78 Å². The van der Waals surface area contributed by atoms with Gasteiger partial charge >= 0.3 is 0 Å². The maximum Gasteiger partial charge on any atom is 0.198 e. The second kappa shape index (κ2) is 6.68. The standard InChI is InChI=1S/C24H24ClFO3/c1-23(2)21(27)20(22(28)24(3,4)29-23)18-11-14(7-9-16(18)13-5-6-13)17-10-8-15(25)12-19(17)26/h7-13,27H,5-6H2,1-4H3. The average Bonchev–Trinajstić information content (AvgIpc) is 3.45. The van der Waals surface area contributed by atoms with E-state index >= 15 is 0 Å². The number of rotatable bonds is 3. The fourth-order valence-electron chi connectivity index (χ4n) is 4.11. The number of carbonyl (C=O) groups excluding carboxylic acids is 1. The first-order valence-electron chi connectivity index (χ1n) is 9.80. The van der Waals surface area contributed by atoms with Crippen LogP contribution in [-0.4, -0.2) is 22.1 Å². The third-order valence-electron chi connectivity index (χ3n) is 5.67. The number of aliphatic hydroxyl groups is 1. The SMILES string of the molecule is CC1(C)OC(C)(C)C(O)=C(c2cc(-c3ccc(Cl)cc3F)ccc2C2CC2)C1=O. The van der Waals surface area contributed by atoms with Gasteiger partial charge < -0.3 is 9.84 Å². The van der Waals surface area contributed by atoms with Crippen molar-refractivity contribution >= 4 is 23.0 Å². The van der Waals surface area contributed by atoms with E-state index in [0.29, 0.717) is 27.6 Å². The highest BCUT2D eigenvalue weighted by atomic mass is 35.5. The summed E-state index contributed by atoms with van der Waals surface area (Å²) in [5.41, 5.74) is 0.884. The molecule has 0 spiro atoms. The molecule has 0 radical (unpaired) electrons.